The minimum absolute atomic E-state index is 0.0207. The molecule has 2 heterocycles. The summed E-state index contributed by atoms with van der Waals surface area (Å²) in [5.74, 6) is 5.87. The number of esters is 1. The summed E-state index contributed by atoms with van der Waals surface area (Å²) in [5.41, 5.74) is 0.904. The van der Waals surface area contributed by atoms with E-state index in [2.05, 4.69) is 16.8 Å². The Morgan fingerprint density at radius 2 is 2.47 bits per heavy atom. The first-order chi connectivity index (χ1) is 7.18. The van der Waals surface area contributed by atoms with E-state index in [1.54, 1.807) is 0 Å². The predicted molar refractivity (Wildman–Crippen MR) is 52.5 cm³/mol. The van der Waals surface area contributed by atoms with Crippen LogP contribution in [0.2, 0.25) is 0 Å². The zero-order valence-electron chi connectivity index (χ0n) is 8.78. The lowest BCUT2D eigenvalue weighted by Gasteiger charge is -1.99. The number of carbonyl (C=O) groups excluding carboxylic acids is 1. The van der Waals surface area contributed by atoms with Gasteiger partial charge in [0, 0.05) is 0 Å². The first-order valence-electron chi connectivity index (χ1n) is 4.89. The molecule has 1 N–H and O–H groups in total. The Morgan fingerprint density at radius 1 is 1.67 bits per heavy atom. The van der Waals surface area contributed by atoms with E-state index in [1.807, 2.05) is 31.1 Å². The van der Waals surface area contributed by atoms with Crippen LogP contribution in [0.3, 0.4) is 0 Å². The van der Waals surface area contributed by atoms with Gasteiger partial charge in [-0.1, -0.05) is 12.8 Å². The van der Waals surface area contributed by atoms with Gasteiger partial charge in [0.15, 0.2) is 0 Å². The Bertz CT molecular complexity index is 439. The molecule has 1 aliphatic heterocycles. The van der Waals surface area contributed by atoms with Crippen LogP contribution in [-0.4, -0.2) is 17.6 Å². The highest BCUT2D eigenvalue weighted by molar-refractivity contribution is 5.75. The number of H-pyrrole nitrogens is 1. The molecule has 1 aromatic rings. The molecule has 0 unspecified atom stereocenters. The summed E-state index contributed by atoms with van der Waals surface area (Å²) in [7, 11) is 1.92. The molecular formula is C11H13N2O2+. The fraction of sp³-hybridized carbons (Fsp3) is 0.455. The molecule has 0 saturated carbocycles. The molecule has 0 bridgehead atoms. The van der Waals surface area contributed by atoms with Gasteiger partial charge in [0.2, 0.25) is 12.0 Å². The number of imidazole rings is 1. The summed E-state index contributed by atoms with van der Waals surface area (Å²) in [6, 6.07) is 0. The summed E-state index contributed by atoms with van der Waals surface area (Å²) in [6.07, 6.45) is 3.65. The van der Waals surface area contributed by atoms with Gasteiger partial charge in [-0.15, -0.1) is 0 Å². The van der Waals surface area contributed by atoms with Gasteiger partial charge >= 0.3 is 5.97 Å². The van der Waals surface area contributed by atoms with E-state index in [1.165, 1.54) is 0 Å². The van der Waals surface area contributed by atoms with Crippen molar-refractivity contribution in [2.75, 3.05) is 6.61 Å². The zero-order chi connectivity index (χ0) is 10.8. The summed E-state index contributed by atoms with van der Waals surface area (Å²) < 4.78 is 6.82. The van der Waals surface area contributed by atoms with Crippen LogP contribution in [0.4, 0.5) is 0 Å². The van der Waals surface area contributed by atoms with Gasteiger partial charge in [-0.25, -0.2) is 9.55 Å². The highest BCUT2D eigenvalue weighted by Crippen LogP contribution is 2.20. The van der Waals surface area contributed by atoms with Crippen LogP contribution in [0.15, 0.2) is 12.5 Å². The van der Waals surface area contributed by atoms with Gasteiger partial charge < -0.3 is 4.74 Å². The maximum Gasteiger partial charge on any atom is 0.310 e. The van der Waals surface area contributed by atoms with Crippen molar-refractivity contribution in [2.45, 2.75) is 6.92 Å². The summed E-state index contributed by atoms with van der Waals surface area (Å²) in [4.78, 5) is 14.1. The van der Waals surface area contributed by atoms with E-state index in [0.29, 0.717) is 6.61 Å². The number of aromatic amines is 1. The number of carbonyl (C=O) groups is 1. The highest BCUT2D eigenvalue weighted by atomic mass is 16.5. The largest absolute Gasteiger partial charge is 0.464 e. The van der Waals surface area contributed by atoms with E-state index in [0.717, 1.165) is 5.69 Å². The normalized spacial score (nSPS) is 24.5. The van der Waals surface area contributed by atoms with Crippen molar-refractivity contribution >= 4 is 5.97 Å². The maximum atomic E-state index is 11.1. The second-order valence-corrected chi connectivity index (χ2v) is 3.73. The minimum Gasteiger partial charge on any atom is -0.464 e. The smallest absolute Gasteiger partial charge is 0.310 e. The predicted octanol–water partition coefficient (Wildman–Crippen LogP) is -0.000200. The first kappa shape index (κ1) is 9.78. The van der Waals surface area contributed by atoms with Gasteiger partial charge in [0.1, 0.15) is 12.8 Å². The van der Waals surface area contributed by atoms with Crippen LogP contribution in [0.5, 0.6) is 0 Å². The van der Waals surface area contributed by atoms with Crippen molar-refractivity contribution in [1.29, 1.82) is 0 Å². The number of hydrogen-bond donors (Lipinski definition) is 1. The van der Waals surface area contributed by atoms with Crippen LogP contribution >= 0.6 is 0 Å². The molecule has 1 aliphatic rings. The van der Waals surface area contributed by atoms with E-state index in [9.17, 15) is 4.79 Å². The van der Waals surface area contributed by atoms with Gasteiger partial charge in [-0.05, 0) is 5.92 Å². The molecular weight excluding hydrogens is 192 g/mol. The van der Waals surface area contributed by atoms with E-state index >= 15 is 0 Å². The van der Waals surface area contributed by atoms with Crippen molar-refractivity contribution < 1.29 is 14.1 Å². The molecule has 4 heteroatoms. The lowest BCUT2D eigenvalue weighted by Crippen LogP contribution is -2.28. The molecule has 1 saturated heterocycles. The van der Waals surface area contributed by atoms with E-state index in [-0.39, 0.29) is 17.8 Å². The molecule has 15 heavy (non-hydrogen) atoms. The number of aromatic nitrogens is 2. The number of rotatable bonds is 0. The third kappa shape index (κ3) is 1.86. The summed E-state index contributed by atoms with van der Waals surface area (Å²) in [6.45, 7) is 2.27. The number of nitrogens with one attached hydrogen (secondary N) is 1. The quantitative estimate of drug-likeness (QED) is 0.368. The topological polar surface area (TPSA) is 46.0 Å². The first-order valence-corrected chi connectivity index (χ1v) is 4.89. The number of nitrogens with zero attached hydrogens (tertiary/aromatic N) is 1. The molecule has 0 amide bonds. The Hall–Kier alpha value is -1.76. The van der Waals surface area contributed by atoms with Crippen molar-refractivity contribution in [3.05, 3.63) is 18.2 Å². The fourth-order valence-electron chi connectivity index (χ4n) is 1.47. The van der Waals surface area contributed by atoms with Gasteiger partial charge in [-0.3, -0.25) is 4.79 Å². The number of aryl methyl sites for hydroxylation is 1. The summed E-state index contributed by atoms with van der Waals surface area (Å²) in [5, 5.41) is 0. The van der Waals surface area contributed by atoms with Crippen LogP contribution in [0, 0.1) is 23.7 Å². The van der Waals surface area contributed by atoms with Crippen LogP contribution in [0.1, 0.15) is 12.6 Å². The third-order valence-corrected chi connectivity index (χ3v) is 2.63. The molecule has 0 radical (unpaired) electrons. The van der Waals surface area contributed by atoms with Crippen molar-refractivity contribution in [2.24, 2.45) is 18.9 Å². The number of ether oxygens (including phenoxy) is 1. The average molecular weight is 205 g/mol. The number of cyclic esters (lactones) is 1. The standard InChI is InChI=1S/C11H12N2O2/c1-8-9(6-15-11(8)14)3-4-10-5-12-7-13(10)2/h5,7-9H,6H2,1-2H3/p+1/t8-,9-/m0/s1. The molecule has 0 aliphatic carbocycles. The maximum absolute atomic E-state index is 11.1. The SMILES string of the molecule is C[C@@H]1C(=O)OC[C@@H]1C#Cc1c[nH]c[n+]1C. The second kappa shape index (κ2) is 3.77. The Balaban J connectivity index is 2.13. The van der Waals surface area contributed by atoms with Crippen molar-refractivity contribution in [3.63, 3.8) is 0 Å². The summed E-state index contributed by atoms with van der Waals surface area (Å²) >= 11 is 0. The van der Waals surface area contributed by atoms with E-state index < -0.39 is 0 Å². The van der Waals surface area contributed by atoms with Gasteiger partial charge in [0.25, 0.3) is 0 Å². The molecule has 2 atom stereocenters. The van der Waals surface area contributed by atoms with Gasteiger partial charge in [0.05, 0.1) is 18.9 Å². The highest BCUT2D eigenvalue weighted by Gasteiger charge is 2.31. The van der Waals surface area contributed by atoms with Crippen LogP contribution in [-0.2, 0) is 16.6 Å². The average Bonchev–Trinajstić information content (AvgIpc) is 2.74. The Morgan fingerprint density at radius 3 is 3.00 bits per heavy atom. The van der Waals surface area contributed by atoms with Crippen LogP contribution < -0.4 is 4.57 Å². The molecule has 78 valence electrons. The molecule has 4 nitrogen and oxygen atoms in total. The Labute approximate surface area is 88.3 Å². The minimum atomic E-state index is -0.146. The fourth-order valence-corrected chi connectivity index (χ4v) is 1.47. The Kier molecular flexibility index (Phi) is 2.46. The molecule has 2 rings (SSSR count). The molecule has 1 aromatic heterocycles. The van der Waals surface area contributed by atoms with Crippen LogP contribution in [0.25, 0.3) is 0 Å². The second-order valence-electron chi connectivity index (χ2n) is 3.73. The molecule has 0 spiro atoms. The van der Waals surface area contributed by atoms with Crippen molar-refractivity contribution in [1.82, 2.24) is 4.98 Å². The van der Waals surface area contributed by atoms with E-state index in [4.69, 9.17) is 4.74 Å². The lowest BCUT2D eigenvalue weighted by molar-refractivity contribution is -0.672. The van der Waals surface area contributed by atoms with Crippen molar-refractivity contribution in [3.8, 4) is 11.8 Å². The lowest BCUT2D eigenvalue weighted by atomic mass is 9.98. The third-order valence-electron chi connectivity index (χ3n) is 2.63. The van der Waals surface area contributed by atoms with Gasteiger partial charge in [-0.2, -0.15) is 0 Å². The monoisotopic (exact) mass is 205 g/mol. The number of hydrogen-bond acceptors (Lipinski definition) is 2. The zero-order valence-corrected chi connectivity index (χ0v) is 8.78. The molecule has 0 aromatic carbocycles. The molecule has 1 fully saturated rings.